The summed E-state index contributed by atoms with van der Waals surface area (Å²) in [5, 5.41) is 3.25. The lowest BCUT2D eigenvalue weighted by Crippen LogP contribution is -2.57. The zero-order valence-electron chi connectivity index (χ0n) is 12.4. The Hall–Kier alpha value is -1.81. The first-order valence-electron chi connectivity index (χ1n) is 7.81. The van der Waals surface area contributed by atoms with Gasteiger partial charge in [0.2, 0.25) is 0 Å². The normalized spacial score (nSPS) is 28.0. The first-order chi connectivity index (χ1) is 10.2. The predicted molar refractivity (Wildman–Crippen MR) is 82.6 cm³/mol. The first kappa shape index (κ1) is 12.9. The molecule has 5 rings (SSSR count). The number of nitrogens with zero attached hydrogens (tertiary/aromatic N) is 2. The Morgan fingerprint density at radius 1 is 1.24 bits per heavy atom. The van der Waals surface area contributed by atoms with Gasteiger partial charge in [-0.15, -0.1) is 0 Å². The third-order valence-electron chi connectivity index (χ3n) is 5.11. The minimum absolute atomic E-state index is 0.0665. The molecule has 110 valence electrons. The maximum atomic E-state index is 12.5. The van der Waals surface area contributed by atoms with E-state index in [9.17, 15) is 4.79 Å². The number of pyridine rings is 1. The zero-order chi connectivity index (χ0) is 14.4. The van der Waals surface area contributed by atoms with Gasteiger partial charge >= 0.3 is 0 Å². The van der Waals surface area contributed by atoms with E-state index in [1.807, 2.05) is 24.5 Å². The van der Waals surface area contributed by atoms with E-state index in [0.717, 1.165) is 17.6 Å². The number of nitrogens with one attached hydrogen (secondary N) is 1. The highest BCUT2D eigenvalue weighted by Crippen LogP contribution is 2.27. The molecular weight excluding hydrogens is 262 g/mol. The molecule has 0 unspecified atom stereocenters. The molecule has 3 fully saturated rings. The highest BCUT2D eigenvalue weighted by atomic mass is 16.1. The molecule has 0 radical (unpaired) electrons. The van der Waals surface area contributed by atoms with Crippen molar-refractivity contribution in [1.82, 2.24) is 14.6 Å². The smallest absolute Gasteiger partial charge is 0.251 e. The number of fused-ring (bicyclic) bond motifs is 4. The van der Waals surface area contributed by atoms with Gasteiger partial charge in [0.1, 0.15) is 0 Å². The van der Waals surface area contributed by atoms with Crippen LogP contribution in [0, 0.1) is 12.8 Å². The van der Waals surface area contributed by atoms with Gasteiger partial charge in [-0.2, -0.15) is 0 Å². The molecule has 1 amide bonds. The van der Waals surface area contributed by atoms with Gasteiger partial charge in [-0.25, -0.2) is 0 Å². The number of amides is 1. The topological polar surface area (TPSA) is 36.8 Å². The lowest BCUT2D eigenvalue weighted by Gasteiger charge is -2.44. The number of aryl methyl sites for hydroxylation is 1. The number of hydrogen-bond acceptors (Lipinski definition) is 2. The second-order valence-corrected chi connectivity index (χ2v) is 6.42. The van der Waals surface area contributed by atoms with Crippen LogP contribution in [0.3, 0.4) is 0 Å². The van der Waals surface area contributed by atoms with Crippen molar-refractivity contribution in [2.24, 2.45) is 5.92 Å². The zero-order valence-corrected chi connectivity index (χ0v) is 12.4. The Morgan fingerprint density at radius 2 is 2.00 bits per heavy atom. The van der Waals surface area contributed by atoms with E-state index in [1.165, 1.54) is 31.5 Å². The van der Waals surface area contributed by atoms with Gasteiger partial charge in [0, 0.05) is 36.1 Å². The minimum Gasteiger partial charge on any atom is -0.348 e. The Balaban J connectivity index is 1.54. The molecule has 0 aliphatic carbocycles. The van der Waals surface area contributed by atoms with E-state index < -0.39 is 0 Å². The van der Waals surface area contributed by atoms with E-state index in [-0.39, 0.29) is 5.91 Å². The lowest BCUT2D eigenvalue weighted by atomic mass is 9.84. The van der Waals surface area contributed by atoms with Crippen molar-refractivity contribution in [3.05, 3.63) is 41.7 Å². The van der Waals surface area contributed by atoms with E-state index in [4.69, 9.17) is 0 Å². The summed E-state index contributed by atoms with van der Waals surface area (Å²) in [6.07, 6.45) is 6.44. The largest absolute Gasteiger partial charge is 0.348 e. The summed E-state index contributed by atoms with van der Waals surface area (Å²) in [6, 6.07) is 6.30. The number of piperidine rings is 3. The molecule has 0 saturated carbocycles. The molecule has 0 aromatic carbocycles. The van der Waals surface area contributed by atoms with Crippen LogP contribution in [0.25, 0.3) is 5.52 Å². The molecule has 0 spiro atoms. The van der Waals surface area contributed by atoms with E-state index in [0.29, 0.717) is 12.0 Å². The summed E-state index contributed by atoms with van der Waals surface area (Å²) in [5.74, 6) is 0.731. The summed E-state index contributed by atoms with van der Waals surface area (Å²) in [7, 11) is 0. The van der Waals surface area contributed by atoms with Crippen molar-refractivity contribution in [3.63, 3.8) is 0 Å². The average molecular weight is 283 g/mol. The van der Waals surface area contributed by atoms with Gasteiger partial charge in [-0.1, -0.05) is 0 Å². The van der Waals surface area contributed by atoms with E-state index in [2.05, 4.69) is 27.6 Å². The minimum atomic E-state index is 0.0665. The average Bonchev–Trinajstić information content (AvgIpc) is 2.89. The fourth-order valence-electron chi connectivity index (χ4n) is 3.76. The van der Waals surface area contributed by atoms with Gasteiger partial charge in [0.25, 0.3) is 5.91 Å². The molecule has 1 N–H and O–H groups in total. The van der Waals surface area contributed by atoms with E-state index >= 15 is 0 Å². The quantitative estimate of drug-likeness (QED) is 0.916. The van der Waals surface area contributed by atoms with Crippen molar-refractivity contribution >= 4 is 11.4 Å². The lowest BCUT2D eigenvalue weighted by molar-refractivity contribution is 0.0620. The molecule has 4 nitrogen and oxygen atoms in total. The Kier molecular flexibility index (Phi) is 3.00. The molecular formula is C17H21N3O. The molecule has 1 atom stereocenters. The molecule has 3 saturated heterocycles. The molecule has 2 aromatic heterocycles. The molecule has 2 bridgehead atoms. The number of rotatable bonds is 2. The van der Waals surface area contributed by atoms with Crippen LogP contribution in [0.15, 0.2) is 30.6 Å². The predicted octanol–water partition coefficient (Wildman–Crippen LogP) is 2.07. The molecule has 3 aliphatic rings. The van der Waals surface area contributed by atoms with Crippen molar-refractivity contribution in [2.75, 3.05) is 19.6 Å². The van der Waals surface area contributed by atoms with Gasteiger partial charge in [0.05, 0.1) is 0 Å². The van der Waals surface area contributed by atoms with Crippen LogP contribution in [0.4, 0.5) is 0 Å². The van der Waals surface area contributed by atoms with Crippen LogP contribution < -0.4 is 5.32 Å². The number of aromatic nitrogens is 1. The highest BCUT2D eigenvalue weighted by molar-refractivity contribution is 5.95. The Morgan fingerprint density at radius 3 is 2.71 bits per heavy atom. The standard InChI is InChI=1S/C17H21N3O/c1-12-2-8-20-9-5-14(10-16(12)20)17(21)18-15-11-19-6-3-13(15)4-7-19/h2,5,8-10,13,15H,3-4,6-7,11H2,1H3,(H,18,21)/t15-/m0/s1. The molecule has 4 heteroatoms. The molecule has 21 heavy (non-hydrogen) atoms. The van der Waals surface area contributed by atoms with Crippen LogP contribution in [0.5, 0.6) is 0 Å². The fourth-order valence-corrected chi connectivity index (χ4v) is 3.76. The summed E-state index contributed by atoms with van der Waals surface area (Å²) < 4.78 is 2.06. The Labute approximate surface area is 124 Å². The summed E-state index contributed by atoms with van der Waals surface area (Å²) in [6.45, 7) is 5.49. The van der Waals surface area contributed by atoms with E-state index in [1.54, 1.807) is 0 Å². The van der Waals surface area contributed by atoms with Crippen LogP contribution in [-0.2, 0) is 0 Å². The summed E-state index contributed by atoms with van der Waals surface area (Å²) >= 11 is 0. The second-order valence-electron chi connectivity index (χ2n) is 6.42. The van der Waals surface area contributed by atoms with Crippen LogP contribution >= 0.6 is 0 Å². The number of hydrogen-bond donors (Lipinski definition) is 1. The van der Waals surface area contributed by atoms with Gasteiger partial charge < -0.3 is 14.6 Å². The maximum Gasteiger partial charge on any atom is 0.251 e. The van der Waals surface area contributed by atoms with Crippen LogP contribution in [0.2, 0.25) is 0 Å². The number of carbonyl (C=O) groups excluding carboxylic acids is 1. The second kappa shape index (κ2) is 4.88. The summed E-state index contributed by atoms with van der Waals surface area (Å²) in [4.78, 5) is 15.0. The monoisotopic (exact) mass is 283 g/mol. The molecule has 2 aromatic rings. The van der Waals surface area contributed by atoms with Gasteiger partial charge in [-0.3, -0.25) is 4.79 Å². The first-order valence-corrected chi connectivity index (χ1v) is 7.81. The van der Waals surface area contributed by atoms with Gasteiger partial charge in [0.15, 0.2) is 0 Å². The molecule has 3 aliphatic heterocycles. The van der Waals surface area contributed by atoms with Crippen molar-refractivity contribution in [3.8, 4) is 0 Å². The van der Waals surface area contributed by atoms with Crippen molar-refractivity contribution in [2.45, 2.75) is 25.8 Å². The third-order valence-corrected chi connectivity index (χ3v) is 5.11. The van der Waals surface area contributed by atoms with Crippen molar-refractivity contribution in [1.29, 1.82) is 0 Å². The van der Waals surface area contributed by atoms with Crippen LogP contribution in [0.1, 0.15) is 28.8 Å². The summed E-state index contributed by atoms with van der Waals surface area (Å²) in [5.41, 5.74) is 3.07. The third kappa shape index (κ3) is 2.23. The molecule has 5 heterocycles. The van der Waals surface area contributed by atoms with Crippen molar-refractivity contribution < 1.29 is 4.79 Å². The number of carbonyl (C=O) groups is 1. The van der Waals surface area contributed by atoms with Crippen LogP contribution in [-0.4, -0.2) is 40.9 Å². The SMILES string of the molecule is Cc1ccn2ccc(C(=O)N[C@H]3CN4CCC3CC4)cc12. The fraction of sp³-hybridized carbons (Fsp3) is 0.471. The maximum absolute atomic E-state index is 12.5. The Bertz CT molecular complexity index is 682. The van der Waals surface area contributed by atoms with Gasteiger partial charge in [-0.05, 0) is 62.5 Å². The highest BCUT2D eigenvalue weighted by Gasteiger charge is 2.34.